The predicted molar refractivity (Wildman–Crippen MR) is 57.6 cm³/mol. The number of carbonyl (C=O) groups is 1. The first-order chi connectivity index (χ1) is 7.15. The van der Waals surface area contributed by atoms with E-state index in [2.05, 4.69) is 5.32 Å². The fourth-order valence-corrected chi connectivity index (χ4v) is 1.38. The molecule has 3 N–H and O–H groups in total. The topological polar surface area (TPSA) is 73.6 Å². The molecular formula is C10H14N2O3. The summed E-state index contributed by atoms with van der Waals surface area (Å²) < 4.78 is 10.2. The highest BCUT2D eigenvalue weighted by atomic mass is 16.5. The number of benzene rings is 1. The molecule has 0 aliphatic carbocycles. The predicted octanol–water partition coefficient (Wildman–Crippen LogP) is 0.844. The first-order valence-corrected chi connectivity index (χ1v) is 4.38. The van der Waals surface area contributed by atoms with Gasteiger partial charge in [0.25, 0.3) is 5.91 Å². The van der Waals surface area contributed by atoms with Gasteiger partial charge in [0.05, 0.1) is 19.9 Å². The van der Waals surface area contributed by atoms with Gasteiger partial charge in [0.1, 0.15) is 5.56 Å². The second kappa shape index (κ2) is 4.54. The number of ether oxygens (including phenoxy) is 2. The van der Waals surface area contributed by atoms with Crippen LogP contribution in [0.4, 0.5) is 5.69 Å². The number of nitrogens with two attached hydrogens (primary N) is 1. The molecule has 5 heteroatoms. The van der Waals surface area contributed by atoms with Crippen LogP contribution in [0.1, 0.15) is 10.4 Å². The summed E-state index contributed by atoms with van der Waals surface area (Å²) in [6.07, 6.45) is 0. The lowest BCUT2D eigenvalue weighted by Crippen LogP contribution is -2.15. The minimum absolute atomic E-state index is 0.291. The summed E-state index contributed by atoms with van der Waals surface area (Å²) >= 11 is 0. The Morgan fingerprint density at radius 2 is 2.00 bits per heavy atom. The van der Waals surface area contributed by atoms with Crippen molar-refractivity contribution in [3.63, 3.8) is 0 Å². The lowest BCUT2D eigenvalue weighted by molar-refractivity contribution is 0.0997. The van der Waals surface area contributed by atoms with Crippen LogP contribution >= 0.6 is 0 Å². The van der Waals surface area contributed by atoms with E-state index in [-0.39, 0.29) is 0 Å². The number of methoxy groups -OCH3 is 2. The third kappa shape index (κ3) is 1.96. The minimum Gasteiger partial charge on any atom is -0.493 e. The van der Waals surface area contributed by atoms with Gasteiger partial charge < -0.3 is 20.5 Å². The van der Waals surface area contributed by atoms with E-state index in [4.69, 9.17) is 15.2 Å². The van der Waals surface area contributed by atoms with Gasteiger partial charge in [-0.2, -0.15) is 0 Å². The van der Waals surface area contributed by atoms with Crippen molar-refractivity contribution < 1.29 is 14.3 Å². The van der Waals surface area contributed by atoms with Crippen LogP contribution in [-0.2, 0) is 0 Å². The summed E-state index contributed by atoms with van der Waals surface area (Å²) in [5, 5.41) is 2.87. The minimum atomic E-state index is -0.560. The molecular weight excluding hydrogens is 196 g/mol. The molecule has 0 aliphatic heterocycles. The van der Waals surface area contributed by atoms with Gasteiger partial charge in [0, 0.05) is 7.05 Å². The van der Waals surface area contributed by atoms with Gasteiger partial charge in [-0.05, 0) is 12.1 Å². The first kappa shape index (κ1) is 11.2. The Hall–Kier alpha value is -1.91. The molecule has 0 fully saturated rings. The number of anilines is 1. The van der Waals surface area contributed by atoms with E-state index in [0.717, 1.165) is 0 Å². The van der Waals surface area contributed by atoms with Crippen LogP contribution in [0, 0.1) is 0 Å². The normalized spacial score (nSPS) is 9.53. The molecule has 0 bridgehead atoms. The van der Waals surface area contributed by atoms with Crippen molar-refractivity contribution >= 4 is 11.6 Å². The number of amides is 1. The van der Waals surface area contributed by atoms with Crippen molar-refractivity contribution in [2.24, 2.45) is 5.73 Å². The molecule has 0 heterocycles. The molecule has 15 heavy (non-hydrogen) atoms. The Morgan fingerprint density at radius 3 is 2.40 bits per heavy atom. The molecule has 0 saturated carbocycles. The largest absolute Gasteiger partial charge is 0.493 e. The van der Waals surface area contributed by atoms with E-state index in [1.54, 1.807) is 19.2 Å². The summed E-state index contributed by atoms with van der Waals surface area (Å²) in [7, 11) is 4.67. The van der Waals surface area contributed by atoms with Gasteiger partial charge in [-0.15, -0.1) is 0 Å². The highest BCUT2D eigenvalue weighted by Crippen LogP contribution is 2.35. The third-order valence-corrected chi connectivity index (χ3v) is 2.06. The molecule has 0 aliphatic rings. The van der Waals surface area contributed by atoms with Crippen molar-refractivity contribution in [3.05, 3.63) is 17.7 Å². The zero-order chi connectivity index (χ0) is 11.4. The molecule has 0 aromatic heterocycles. The van der Waals surface area contributed by atoms with Gasteiger partial charge in [-0.3, -0.25) is 4.79 Å². The highest BCUT2D eigenvalue weighted by molar-refractivity contribution is 6.02. The van der Waals surface area contributed by atoms with E-state index in [9.17, 15) is 4.79 Å². The van der Waals surface area contributed by atoms with Crippen LogP contribution in [0.3, 0.4) is 0 Å². The quantitative estimate of drug-likeness (QED) is 0.772. The van der Waals surface area contributed by atoms with Crippen molar-refractivity contribution in [2.45, 2.75) is 0 Å². The van der Waals surface area contributed by atoms with E-state index >= 15 is 0 Å². The second-order valence-electron chi connectivity index (χ2n) is 2.84. The Bertz CT molecular complexity index is 377. The van der Waals surface area contributed by atoms with Gasteiger partial charge in [-0.1, -0.05) is 0 Å². The average molecular weight is 210 g/mol. The van der Waals surface area contributed by atoms with Crippen molar-refractivity contribution in [1.82, 2.24) is 0 Å². The lowest BCUT2D eigenvalue weighted by Gasteiger charge is -2.14. The maximum absolute atomic E-state index is 11.3. The Balaban J connectivity index is 3.44. The van der Waals surface area contributed by atoms with Crippen LogP contribution in [0.15, 0.2) is 12.1 Å². The number of primary amides is 1. The Labute approximate surface area is 88.2 Å². The molecule has 0 spiro atoms. The molecule has 0 saturated heterocycles. The Morgan fingerprint density at radius 1 is 1.33 bits per heavy atom. The lowest BCUT2D eigenvalue weighted by atomic mass is 10.1. The van der Waals surface area contributed by atoms with Gasteiger partial charge in [0.2, 0.25) is 0 Å². The summed E-state index contributed by atoms with van der Waals surface area (Å²) in [6, 6.07) is 3.42. The number of hydrogen-bond acceptors (Lipinski definition) is 4. The molecule has 5 nitrogen and oxygen atoms in total. The standard InChI is InChI=1S/C10H14N2O3/c1-12-6-4-5-7(14-2)9(15-3)8(6)10(11)13/h4-5,12H,1-3H3,(H2,11,13). The molecule has 0 unspecified atom stereocenters. The summed E-state index contributed by atoms with van der Waals surface area (Å²) in [5.41, 5.74) is 6.18. The number of carbonyl (C=O) groups excluding carboxylic acids is 1. The third-order valence-electron chi connectivity index (χ3n) is 2.06. The van der Waals surface area contributed by atoms with E-state index in [1.165, 1.54) is 14.2 Å². The fourth-order valence-electron chi connectivity index (χ4n) is 1.38. The zero-order valence-corrected chi connectivity index (χ0v) is 8.96. The van der Waals surface area contributed by atoms with Crippen LogP contribution in [0.2, 0.25) is 0 Å². The number of nitrogens with one attached hydrogen (secondary N) is 1. The van der Waals surface area contributed by atoms with Crippen LogP contribution in [0.5, 0.6) is 11.5 Å². The summed E-state index contributed by atoms with van der Waals surface area (Å²) in [6.45, 7) is 0. The molecule has 0 atom stereocenters. The van der Waals surface area contributed by atoms with E-state index in [0.29, 0.717) is 22.7 Å². The maximum Gasteiger partial charge on any atom is 0.254 e. The molecule has 1 amide bonds. The van der Waals surface area contributed by atoms with E-state index < -0.39 is 5.91 Å². The van der Waals surface area contributed by atoms with Gasteiger partial charge >= 0.3 is 0 Å². The summed E-state index contributed by atoms with van der Waals surface area (Å²) in [4.78, 5) is 11.3. The first-order valence-electron chi connectivity index (χ1n) is 4.38. The highest BCUT2D eigenvalue weighted by Gasteiger charge is 2.18. The molecule has 1 rings (SSSR count). The zero-order valence-electron chi connectivity index (χ0n) is 8.96. The van der Waals surface area contributed by atoms with E-state index in [1.807, 2.05) is 0 Å². The van der Waals surface area contributed by atoms with Crippen molar-refractivity contribution in [1.29, 1.82) is 0 Å². The fraction of sp³-hybridized carbons (Fsp3) is 0.300. The van der Waals surface area contributed by atoms with Crippen LogP contribution in [-0.4, -0.2) is 27.2 Å². The van der Waals surface area contributed by atoms with Crippen molar-refractivity contribution in [2.75, 3.05) is 26.6 Å². The smallest absolute Gasteiger partial charge is 0.254 e. The Kier molecular flexibility index (Phi) is 3.38. The number of hydrogen-bond donors (Lipinski definition) is 2. The molecule has 1 aromatic rings. The second-order valence-corrected chi connectivity index (χ2v) is 2.84. The van der Waals surface area contributed by atoms with Crippen LogP contribution in [0.25, 0.3) is 0 Å². The average Bonchev–Trinajstić information content (AvgIpc) is 2.26. The molecule has 1 aromatic carbocycles. The summed E-state index contributed by atoms with van der Waals surface area (Å²) in [5.74, 6) is 0.261. The maximum atomic E-state index is 11.3. The SMILES string of the molecule is CNc1ccc(OC)c(OC)c1C(N)=O. The van der Waals surface area contributed by atoms with Crippen molar-refractivity contribution in [3.8, 4) is 11.5 Å². The van der Waals surface area contributed by atoms with Gasteiger partial charge in [-0.25, -0.2) is 0 Å². The molecule has 82 valence electrons. The molecule has 0 radical (unpaired) electrons. The number of rotatable bonds is 4. The van der Waals surface area contributed by atoms with Gasteiger partial charge in [0.15, 0.2) is 11.5 Å². The van der Waals surface area contributed by atoms with Crippen LogP contribution < -0.4 is 20.5 Å². The monoisotopic (exact) mass is 210 g/mol.